The molecule has 0 N–H and O–H groups in total. The minimum absolute atomic E-state index is 0.186. The van der Waals surface area contributed by atoms with Crippen LogP contribution in [0.3, 0.4) is 0 Å². The van der Waals surface area contributed by atoms with Crippen molar-refractivity contribution in [2.45, 2.75) is 38.8 Å². The topological polar surface area (TPSA) is 9.23 Å². The molecule has 0 spiro atoms. The van der Waals surface area contributed by atoms with E-state index in [4.69, 9.17) is 4.74 Å². The second-order valence-corrected chi connectivity index (χ2v) is 3.46. The molecule has 2 heteroatoms. The van der Waals surface area contributed by atoms with Crippen molar-refractivity contribution in [3.05, 3.63) is 0 Å². The van der Waals surface area contributed by atoms with Gasteiger partial charge in [-0.1, -0.05) is 20.3 Å². The lowest BCUT2D eigenvalue weighted by atomic mass is 9.82. The molecule has 1 nitrogen and oxygen atoms in total. The second kappa shape index (κ2) is 3.53. The first-order chi connectivity index (χ1) is 5.19. The number of halogens is 1. The molecule has 1 heterocycles. The highest BCUT2D eigenvalue weighted by atomic mass is 19.1. The lowest BCUT2D eigenvalue weighted by molar-refractivity contribution is -0.0392. The predicted octanol–water partition coefficient (Wildman–Crippen LogP) is 2.55. The molecule has 0 radical (unpaired) electrons. The molecular weight excluding hydrogens is 143 g/mol. The number of hydrogen-bond acceptors (Lipinski definition) is 1. The van der Waals surface area contributed by atoms with Crippen molar-refractivity contribution in [3.8, 4) is 0 Å². The number of hydrogen-bond donors (Lipinski definition) is 0. The summed E-state index contributed by atoms with van der Waals surface area (Å²) in [6.07, 6.45) is 2.10. The highest BCUT2D eigenvalue weighted by Gasteiger charge is 2.36. The van der Waals surface area contributed by atoms with Gasteiger partial charge in [0.15, 0.2) is 0 Å². The second-order valence-electron chi connectivity index (χ2n) is 3.46. The third-order valence-corrected chi connectivity index (χ3v) is 2.82. The first kappa shape index (κ1) is 8.98. The average molecular weight is 160 g/mol. The fraction of sp³-hybridized carbons (Fsp3) is 1.00. The third-order valence-electron chi connectivity index (χ3n) is 2.82. The van der Waals surface area contributed by atoms with Gasteiger partial charge in [0, 0.05) is 26.1 Å². The maximum absolute atomic E-state index is 13.9. The van der Waals surface area contributed by atoms with Crippen molar-refractivity contribution >= 4 is 0 Å². The van der Waals surface area contributed by atoms with Crippen LogP contribution in [0.2, 0.25) is 0 Å². The summed E-state index contributed by atoms with van der Waals surface area (Å²) in [5, 5.41) is 0. The van der Waals surface area contributed by atoms with Gasteiger partial charge in [-0.3, -0.25) is 0 Å². The van der Waals surface area contributed by atoms with E-state index in [-0.39, 0.29) is 5.92 Å². The van der Waals surface area contributed by atoms with E-state index in [2.05, 4.69) is 0 Å². The smallest absolute Gasteiger partial charge is 0.118 e. The Bertz CT molecular complexity index is 119. The van der Waals surface area contributed by atoms with Crippen molar-refractivity contribution < 1.29 is 9.13 Å². The molecule has 0 saturated carbocycles. The van der Waals surface area contributed by atoms with Crippen molar-refractivity contribution in [2.75, 3.05) is 13.2 Å². The zero-order chi connectivity index (χ0) is 8.32. The fourth-order valence-corrected chi connectivity index (χ4v) is 1.57. The molecule has 1 fully saturated rings. The predicted molar refractivity (Wildman–Crippen MR) is 43.3 cm³/mol. The van der Waals surface area contributed by atoms with Gasteiger partial charge in [0.05, 0.1) is 0 Å². The summed E-state index contributed by atoms with van der Waals surface area (Å²) in [4.78, 5) is 0. The Morgan fingerprint density at radius 2 is 2.00 bits per heavy atom. The summed E-state index contributed by atoms with van der Waals surface area (Å²) in [6.45, 7) is 5.23. The van der Waals surface area contributed by atoms with E-state index in [0.29, 0.717) is 26.1 Å². The molecule has 0 amide bonds. The van der Waals surface area contributed by atoms with Crippen LogP contribution in [-0.4, -0.2) is 18.9 Å². The van der Waals surface area contributed by atoms with Crippen LogP contribution in [0.1, 0.15) is 33.1 Å². The number of ether oxygens (including phenoxy) is 1. The highest BCUT2D eigenvalue weighted by molar-refractivity contribution is 4.85. The molecule has 0 aromatic heterocycles. The Morgan fingerprint density at radius 3 is 2.45 bits per heavy atom. The summed E-state index contributed by atoms with van der Waals surface area (Å²) in [5.41, 5.74) is -0.938. The molecular formula is C9H17FO. The van der Waals surface area contributed by atoms with Crippen LogP contribution < -0.4 is 0 Å². The summed E-state index contributed by atoms with van der Waals surface area (Å²) < 4.78 is 19.0. The minimum atomic E-state index is -0.938. The van der Waals surface area contributed by atoms with Gasteiger partial charge in [-0.2, -0.15) is 0 Å². The summed E-state index contributed by atoms with van der Waals surface area (Å²) in [7, 11) is 0. The molecule has 11 heavy (non-hydrogen) atoms. The van der Waals surface area contributed by atoms with E-state index >= 15 is 0 Å². The summed E-state index contributed by atoms with van der Waals surface area (Å²) in [5.74, 6) is 0.186. The summed E-state index contributed by atoms with van der Waals surface area (Å²) in [6, 6.07) is 0. The van der Waals surface area contributed by atoms with E-state index in [1.165, 1.54) is 0 Å². The van der Waals surface area contributed by atoms with Crippen molar-refractivity contribution in [1.29, 1.82) is 0 Å². The number of alkyl halides is 1. The van der Waals surface area contributed by atoms with Gasteiger partial charge in [-0.15, -0.1) is 0 Å². The van der Waals surface area contributed by atoms with Crippen LogP contribution in [0.5, 0.6) is 0 Å². The lowest BCUT2D eigenvalue weighted by Crippen LogP contribution is -2.37. The Morgan fingerprint density at radius 1 is 1.45 bits per heavy atom. The van der Waals surface area contributed by atoms with E-state index < -0.39 is 5.67 Å². The first-order valence-electron chi connectivity index (χ1n) is 4.45. The average Bonchev–Trinajstić information content (AvgIpc) is 2.04. The molecule has 1 aliphatic heterocycles. The maximum Gasteiger partial charge on any atom is 0.118 e. The molecule has 1 aliphatic rings. The molecule has 66 valence electrons. The number of rotatable bonds is 2. The van der Waals surface area contributed by atoms with Gasteiger partial charge in [-0.05, 0) is 5.92 Å². The van der Waals surface area contributed by atoms with Crippen LogP contribution in [0.15, 0.2) is 0 Å². The monoisotopic (exact) mass is 160 g/mol. The van der Waals surface area contributed by atoms with Gasteiger partial charge in [-0.25, -0.2) is 4.39 Å². The van der Waals surface area contributed by atoms with E-state index in [0.717, 1.165) is 6.42 Å². The zero-order valence-electron chi connectivity index (χ0n) is 7.40. The molecule has 1 saturated heterocycles. The van der Waals surface area contributed by atoms with E-state index in [9.17, 15) is 4.39 Å². The van der Waals surface area contributed by atoms with Crippen molar-refractivity contribution in [1.82, 2.24) is 0 Å². The van der Waals surface area contributed by atoms with Crippen LogP contribution in [0.25, 0.3) is 0 Å². The largest absolute Gasteiger partial charge is 0.381 e. The Hall–Kier alpha value is -0.110. The van der Waals surface area contributed by atoms with E-state index in [1.807, 2.05) is 13.8 Å². The molecule has 1 rings (SSSR count). The van der Waals surface area contributed by atoms with Crippen LogP contribution >= 0.6 is 0 Å². The molecule has 0 aromatic rings. The van der Waals surface area contributed by atoms with Gasteiger partial charge in [0.1, 0.15) is 5.67 Å². The Labute approximate surface area is 67.9 Å². The SMILES string of the molecule is CCC(C)C1(F)CCOCC1. The fourth-order valence-electron chi connectivity index (χ4n) is 1.57. The lowest BCUT2D eigenvalue weighted by Gasteiger charge is -2.34. The van der Waals surface area contributed by atoms with Crippen molar-refractivity contribution in [2.24, 2.45) is 5.92 Å². The first-order valence-corrected chi connectivity index (χ1v) is 4.45. The molecule has 0 aromatic carbocycles. The van der Waals surface area contributed by atoms with Gasteiger partial charge in [0.2, 0.25) is 0 Å². The van der Waals surface area contributed by atoms with Crippen molar-refractivity contribution in [3.63, 3.8) is 0 Å². The maximum atomic E-state index is 13.9. The highest BCUT2D eigenvalue weighted by Crippen LogP contribution is 2.34. The Kier molecular flexibility index (Phi) is 2.88. The summed E-state index contributed by atoms with van der Waals surface area (Å²) >= 11 is 0. The van der Waals surface area contributed by atoms with Crippen LogP contribution in [0.4, 0.5) is 4.39 Å². The van der Waals surface area contributed by atoms with Crippen LogP contribution in [0, 0.1) is 5.92 Å². The van der Waals surface area contributed by atoms with Gasteiger partial charge < -0.3 is 4.74 Å². The quantitative estimate of drug-likeness (QED) is 0.603. The van der Waals surface area contributed by atoms with E-state index in [1.54, 1.807) is 0 Å². The standard InChI is InChI=1S/C9H17FO/c1-3-8(2)9(10)4-6-11-7-5-9/h8H,3-7H2,1-2H3. The molecule has 0 aliphatic carbocycles. The van der Waals surface area contributed by atoms with Crippen LogP contribution in [-0.2, 0) is 4.74 Å². The molecule has 1 unspecified atom stereocenters. The Balaban J connectivity index is 2.49. The minimum Gasteiger partial charge on any atom is -0.381 e. The van der Waals surface area contributed by atoms with Gasteiger partial charge >= 0.3 is 0 Å². The zero-order valence-corrected chi connectivity index (χ0v) is 7.40. The molecule has 1 atom stereocenters. The normalized spacial score (nSPS) is 26.5. The third kappa shape index (κ3) is 1.92. The van der Waals surface area contributed by atoms with Gasteiger partial charge in [0.25, 0.3) is 0 Å². The molecule has 0 bridgehead atoms.